The third-order valence-electron chi connectivity index (χ3n) is 3.94. The quantitative estimate of drug-likeness (QED) is 0.381. The van der Waals surface area contributed by atoms with Gasteiger partial charge in [-0.25, -0.2) is 0 Å². The minimum atomic E-state index is -0.0294. The van der Waals surface area contributed by atoms with Gasteiger partial charge in [-0.3, -0.25) is 9.69 Å². The van der Waals surface area contributed by atoms with Crippen LogP contribution in [-0.2, 0) is 4.79 Å². The number of hydrogen-bond donors (Lipinski definition) is 2. The number of amides is 1. The highest BCUT2D eigenvalue weighted by molar-refractivity contribution is 5.95. The van der Waals surface area contributed by atoms with Crippen LogP contribution in [0.25, 0.3) is 0 Å². The number of nitrogens with zero attached hydrogens (tertiary/aromatic N) is 1. The van der Waals surface area contributed by atoms with Gasteiger partial charge in [-0.15, -0.1) is 0 Å². The summed E-state index contributed by atoms with van der Waals surface area (Å²) in [5, 5.41) is 5.85. The van der Waals surface area contributed by atoms with Gasteiger partial charge in [0, 0.05) is 38.8 Å². The third-order valence-corrected chi connectivity index (χ3v) is 3.94. The standard InChI is InChI=1S/C19H29N3O.C2H6/c1-5-16-10-14-22(15-18(16)7-3)13-8-11-21-19(23)17(6-2)9-12-20-4;1-2/h5-7,9,12,20H,1,3,8,10-11,13-15H2,2,4H3,(H,21,23);1-2H3/b12-9-,17-6+;. The second-order valence-corrected chi connectivity index (χ2v) is 5.46. The summed E-state index contributed by atoms with van der Waals surface area (Å²) >= 11 is 0. The summed E-state index contributed by atoms with van der Waals surface area (Å²) in [5.41, 5.74) is 3.24. The normalized spacial score (nSPS) is 15.4. The summed E-state index contributed by atoms with van der Waals surface area (Å²) in [6.07, 6.45) is 11.2. The third kappa shape index (κ3) is 8.54. The van der Waals surface area contributed by atoms with Crippen LogP contribution in [0.2, 0.25) is 0 Å². The smallest absolute Gasteiger partial charge is 0.250 e. The lowest BCUT2D eigenvalue weighted by Gasteiger charge is -2.28. The average Bonchev–Trinajstić information content (AvgIpc) is 2.67. The van der Waals surface area contributed by atoms with Gasteiger partial charge in [0.1, 0.15) is 0 Å². The van der Waals surface area contributed by atoms with E-state index in [1.54, 1.807) is 12.3 Å². The lowest BCUT2D eigenvalue weighted by atomic mass is 10.00. The highest BCUT2D eigenvalue weighted by atomic mass is 16.1. The predicted octanol–water partition coefficient (Wildman–Crippen LogP) is 3.57. The van der Waals surface area contributed by atoms with E-state index >= 15 is 0 Å². The van der Waals surface area contributed by atoms with E-state index < -0.39 is 0 Å². The van der Waals surface area contributed by atoms with Gasteiger partial charge in [0.2, 0.25) is 0 Å². The van der Waals surface area contributed by atoms with Crippen molar-refractivity contribution in [3.8, 4) is 0 Å². The van der Waals surface area contributed by atoms with Gasteiger partial charge in [-0.1, -0.05) is 45.2 Å². The van der Waals surface area contributed by atoms with Gasteiger partial charge in [0.05, 0.1) is 0 Å². The van der Waals surface area contributed by atoms with Crippen LogP contribution in [0.1, 0.15) is 33.6 Å². The van der Waals surface area contributed by atoms with Gasteiger partial charge >= 0.3 is 0 Å². The molecule has 1 aliphatic rings. The summed E-state index contributed by atoms with van der Waals surface area (Å²) in [4.78, 5) is 14.4. The molecule has 25 heavy (non-hydrogen) atoms. The van der Waals surface area contributed by atoms with Crippen molar-refractivity contribution in [1.82, 2.24) is 15.5 Å². The van der Waals surface area contributed by atoms with Gasteiger partial charge in [-0.2, -0.15) is 0 Å². The first-order chi connectivity index (χ1) is 12.2. The van der Waals surface area contributed by atoms with E-state index in [4.69, 9.17) is 0 Å². The van der Waals surface area contributed by atoms with Gasteiger partial charge in [0.15, 0.2) is 0 Å². The molecule has 0 aliphatic carbocycles. The number of carbonyl (C=O) groups excluding carboxylic acids is 1. The summed E-state index contributed by atoms with van der Waals surface area (Å²) in [7, 11) is 1.81. The minimum Gasteiger partial charge on any atom is -0.394 e. The van der Waals surface area contributed by atoms with E-state index in [0.29, 0.717) is 12.1 Å². The molecule has 2 N–H and O–H groups in total. The fourth-order valence-corrected chi connectivity index (χ4v) is 2.56. The Hall–Kier alpha value is -2.07. The van der Waals surface area contributed by atoms with Crippen LogP contribution in [0.3, 0.4) is 0 Å². The molecule has 0 saturated carbocycles. The van der Waals surface area contributed by atoms with Crippen LogP contribution in [0, 0.1) is 0 Å². The molecule has 0 atom stereocenters. The number of nitrogens with one attached hydrogen (secondary N) is 2. The van der Waals surface area contributed by atoms with E-state index in [1.807, 2.05) is 46.0 Å². The van der Waals surface area contributed by atoms with Gasteiger partial charge in [0.25, 0.3) is 5.91 Å². The molecule has 0 aromatic heterocycles. The van der Waals surface area contributed by atoms with E-state index in [0.717, 1.165) is 32.5 Å². The second kappa shape index (κ2) is 14.3. The SMILES string of the molecule is C=CC1=C(C=C)CN(CCCNC(=O)C(/C=C\NC)=C/C)CC1.CC. The number of carbonyl (C=O) groups is 1. The molecule has 1 aliphatic heterocycles. The lowest BCUT2D eigenvalue weighted by Crippen LogP contribution is -2.34. The molecule has 0 saturated heterocycles. The van der Waals surface area contributed by atoms with Crippen molar-refractivity contribution in [2.45, 2.75) is 33.6 Å². The largest absolute Gasteiger partial charge is 0.394 e. The zero-order chi connectivity index (χ0) is 19.1. The van der Waals surface area contributed by atoms with Crippen molar-refractivity contribution < 1.29 is 4.79 Å². The zero-order valence-corrected chi connectivity index (χ0v) is 16.4. The Balaban J connectivity index is 0.00000277. The molecule has 0 aromatic rings. The fraction of sp³-hybridized carbons (Fsp3) is 0.476. The topological polar surface area (TPSA) is 44.4 Å². The molecule has 140 valence electrons. The first kappa shape index (κ1) is 22.9. The molecule has 0 bridgehead atoms. The van der Waals surface area contributed by atoms with E-state index in [9.17, 15) is 4.79 Å². The molecule has 4 heteroatoms. The first-order valence-electron chi connectivity index (χ1n) is 9.13. The van der Waals surface area contributed by atoms with Crippen LogP contribution >= 0.6 is 0 Å². The molecule has 0 radical (unpaired) electrons. The van der Waals surface area contributed by atoms with Crippen molar-refractivity contribution in [3.05, 3.63) is 60.4 Å². The molecule has 0 unspecified atom stereocenters. The highest BCUT2D eigenvalue weighted by Gasteiger charge is 2.15. The van der Waals surface area contributed by atoms with Crippen molar-refractivity contribution in [2.75, 3.05) is 33.2 Å². The van der Waals surface area contributed by atoms with Crippen LogP contribution in [-0.4, -0.2) is 44.0 Å². The summed E-state index contributed by atoms with van der Waals surface area (Å²) in [6.45, 7) is 17.2. The maximum atomic E-state index is 12.0. The van der Waals surface area contributed by atoms with E-state index in [2.05, 4.69) is 28.7 Å². The number of allylic oxidation sites excluding steroid dienone is 2. The summed E-state index contributed by atoms with van der Waals surface area (Å²) < 4.78 is 0. The van der Waals surface area contributed by atoms with Crippen molar-refractivity contribution in [1.29, 1.82) is 0 Å². The first-order valence-corrected chi connectivity index (χ1v) is 9.13. The molecule has 1 amide bonds. The molecule has 0 aromatic carbocycles. The van der Waals surface area contributed by atoms with E-state index in [1.165, 1.54) is 11.1 Å². The Morgan fingerprint density at radius 1 is 1.24 bits per heavy atom. The predicted molar refractivity (Wildman–Crippen MR) is 109 cm³/mol. The Morgan fingerprint density at radius 3 is 2.48 bits per heavy atom. The Labute approximate surface area is 154 Å². The van der Waals surface area contributed by atoms with Gasteiger partial charge in [-0.05, 0) is 43.2 Å². The van der Waals surface area contributed by atoms with Crippen LogP contribution in [0.5, 0.6) is 0 Å². The van der Waals surface area contributed by atoms with E-state index in [-0.39, 0.29) is 5.91 Å². The van der Waals surface area contributed by atoms with Crippen molar-refractivity contribution in [2.24, 2.45) is 0 Å². The molecular weight excluding hydrogens is 310 g/mol. The van der Waals surface area contributed by atoms with Crippen LogP contribution in [0.15, 0.2) is 60.4 Å². The maximum Gasteiger partial charge on any atom is 0.250 e. The lowest BCUT2D eigenvalue weighted by molar-refractivity contribution is -0.117. The molecule has 4 nitrogen and oxygen atoms in total. The molecule has 1 rings (SSSR count). The summed E-state index contributed by atoms with van der Waals surface area (Å²) in [5.74, 6) is -0.0294. The average molecular weight is 346 g/mol. The van der Waals surface area contributed by atoms with Crippen molar-refractivity contribution >= 4 is 5.91 Å². The summed E-state index contributed by atoms with van der Waals surface area (Å²) in [6, 6.07) is 0. The fourth-order valence-electron chi connectivity index (χ4n) is 2.56. The van der Waals surface area contributed by atoms with Crippen molar-refractivity contribution in [3.63, 3.8) is 0 Å². The maximum absolute atomic E-state index is 12.0. The molecule has 0 fully saturated rings. The minimum absolute atomic E-state index is 0.0294. The molecule has 0 spiro atoms. The Kier molecular flexibility index (Phi) is 13.1. The Bertz CT molecular complexity index is 515. The Morgan fingerprint density at radius 2 is 1.92 bits per heavy atom. The van der Waals surface area contributed by atoms with Gasteiger partial charge < -0.3 is 10.6 Å². The highest BCUT2D eigenvalue weighted by Crippen LogP contribution is 2.19. The van der Waals surface area contributed by atoms with Crippen LogP contribution < -0.4 is 10.6 Å². The zero-order valence-electron chi connectivity index (χ0n) is 16.4. The monoisotopic (exact) mass is 345 g/mol. The molecular formula is C21H35N3O. The second-order valence-electron chi connectivity index (χ2n) is 5.46. The molecule has 1 heterocycles. The number of rotatable bonds is 9. The van der Waals surface area contributed by atoms with Crippen LogP contribution in [0.4, 0.5) is 0 Å². The number of hydrogen-bond acceptors (Lipinski definition) is 3.